The Hall–Kier alpha value is -0.640. The third-order valence-corrected chi connectivity index (χ3v) is 3.86. The van der Waals surface area contributed by atoms with Gasteiger partial charge in [-0.05, 0) is 48.9 Å². The Morgan fingerprint density at radius 1 is 1.35 bits per heavy atom. The van der Waals surface area contributed by atoms with Crippen molar-refractivity contribution in [3.05, 3.63) is 34.6 Å². The molecule has 0 saturated carbocycles. The van der Waals surface area contributed by atoms with Crippen LogP contribution in [0.2, 0.25) is 5.02 Å². The summed E-state index contributed by atoms with van der Waals surface area (Å²) in [6.45, 7) is 2.10. The molecule has 2 N–H and O–H groups in total. The molecule has 1 saturated heterocycles. The monoisotopic (exact) mass is 257 g/mol. The second kappa shape index (κ2) is 5.34. The summed E-state index contributed by atoms with van der Waals surface area (Å²) in [4.78, 5) is 0. The fourth-order valence-corrected chi connectivity index (χ4v) is 2.46. The van der Waals surface area contributed by atoms with Gasteiger partial charge < -0.3 is 10.5 Å². The van der Waals surface area contributed by atoms with Crippen molar-refractivity contribution in [1.82, 2.24) is 0 Å². The maximum atomic E-state index is 13.4. The summed E-state index contributed by atoms with van der Waals surface area (Å²) in [5.41, 5.74) is 6.89. The number of hydrogen-bond acceptors (Lipinski definition) is 2. The Kier molecular flexibility index (Phi) is 4.02. The molecule has 1 aromatic rings. The lowest BCUT2D eigenvalue weighted by molar-refractivity contribution is 0.0191. The first-order valence-corrected chi connectivity index (χ1v) is 6.25. The fourth-order valence-electron chi connectivity index (χ4n) is 2.34. The Bertz CT molecular complexity index is 391. The van der Waals surface area contributed by atoms with E-state index >= 15 is 0 Å². The molecule has 0 atom stereocenters. The molecule has 0 aromatic heterocycles. The smallest absolute Gasteiger partial charge is 0.142 e. The quantitative estimate of drug-likeness (QED) is 0.904. The standard InChI is InChI=1S/C13H17ClFNO/c14-11-2-1-10(7-12(11)15)8-13(9-16)3-5-17-6-4-13/h1-2,7H,3-6,8-9,16H2. The lowest BCUT2D eigenvalue weighted by atomic mass is 9.75. The molecular formula is C13H17ClFNO. The van der Waals surface area contributed by atoms with Crippen molar-refractivity contribution in [1.29, 1.82) is 0 Å². The maximum absolute atomic E-state index is 13.4. The van der Waals surface area contributed by atoms with Gasteiger partial charge in [-0.1, -0.05) is 17.7 Å². The van der Waals surface area contributed by atoms with Gasteiger partial charge in [0.05, 0.1) is 5.02 Å². The SMILES string of the molecule is NCC1(Cc2ccc(Cl)c(F)c2)CCOCC1. The van der Waals surface area contributed by atoms with Crippen LogP contribution in [0.3, 0.4) is 0 Å². The minimum atomic E-state index is -0.358. The van der Waals surface area contributed by atoms with Crippen LogP contribution < -0.4 is 5.73 Å². The van der Waals surface area contributed by atoms with Crippen molar-refractivity contribution in [2.24, 2.45) is 11.1 Å². The van der Waals surface area contributed by atoms with Crippen molar-refractivity contribution >= 4 is 11.6 Å². The van der Waals surface area contributed by atoms with E-state index in [0.717, 1.165) is 38.0 Å². The lowest BCUT2D eigenvalue weighted by Crippen LogP contribution is -2.38. The van der Waals surface area contributed by atoms with Gasteiger partial charge in [-0.2, -0.15) is 0 Å². The van der Waals surface area contributed by atoms with Gasteiger partial charge in [0.15, 0.2) is 0 Å². The summed E-state index contributed by atoms with van der Waals surface area (Å²) >= 11 is 5.67. The number of nitrogens with two attached hydrogens (primary N) is 1. The highest BCUT2D eigenvalue weighted by molar-refractivity contribution is 6.30. The molecule has 0 bridgehead atoms. The first-order valence-electron chi connectivity index (χ1n) is 5.87. The molecule has 94 valence electrons. The number of benzene rings is 1. The van der Waals surface area contributed by atoms with Crippen molar-refractivity contribution in [2.75, 3.05) is 19.8 Å². The van der Waals surface area contributed by atoms with Crippen LogP contribution in [-0.2, 0) is 11.2 Å². The van der Waals surface area contributed by atoms with Crippen molar-refractivity contribution in [2.45, 2.75) is 19.3 Å². The van der Waals surface area contributed by atoms with E-state index in [9.17, 15) is 4.39 Å². The van der Waals surface area contributed by atoms with Crippen LogP contribution in [0.1, 0.15) is 18.4 Å². The molecule has 0 amide bonds. The predicted molar refractivity (Wildman–Crippen MR) is 66.7 cm³/mol. The van der Waals surface area contributed by atoms with Gasteiger partial charge in [0.2, 0.25) is 0 Å². The third-order valence-electron chi connectivity index (χ3n) is 3.55. The number of halogens is 2. The number of ether oxygens (including phenoxy) is 1. The van der Waals surface area contributed by atoms with Gasteiger partial charge in [-0.3, -0.25) is 0 Å². The molecule has 1 heterocycles. The molecule has 0 unspecified atom stereocenters. The van der Waals surface area contributed by atoms with Gasteiger partial charge in [0.1, 0.15) is 5.82 Å². The minimum Gasteiger partial charge on any atom is -0.381 e. The molecule has 0 spiro atoms. The first kappa shape index (κ1) is 12.8. The van der Waals surface area contributed by atoms with E-state index in [1.54, 1.807) is 6.07 Å². The molecule has 0 radical (unpaired) electrons. The van der Waals surface area contributed by atoms with E-state index in [1.165, 1.54) is 6.07 Å². The highest BCUT2D eigenvalue weighted by Crippen LogP contribution is 2.33. The van der Waals surface area contributed by atoms with Crippen LogP contribution in [0.15, 0.2) is 18.2 Å². The molecule has 17 heavy (non-hydrogen) atoms. The van der Waals surface area contributed by atoms with Crippen LogP contribution in [0, 0.1) is 11.2 Å². The second-order valence-corrected chi connectivity index (χ2v) is 5.15. The highest BCUT2D eigenvalue weighted by atomic mass is 35.5. The maximum Gasteiger partial charge on any atom is 0.142 e. The van der Waals surface area contributed by atoms with Crippen LogP contribution in [0.25, 0.3) is 0 Å². The Morgan fingerprint density at radius 3 is 2.65 bits per heavy atom. The van der Waals surface area contributed by atoms with Crippen LogP contribution >= 0.6 is 11.6 Å². The van der Waals surface area contributed by atoms with Gasteiger partial charge in [0, 0.05) is 13.2 Å². The van der Waals surface area contributed by atoms with Gasteiger partial charge >= 0.3 is 0 Å². The summed E-state index contributed by atoms with van der Waals surface area (Å²) in [6.07, 6.45) is 2.67. The van der Waals surface area contributed by atoms with Crippen molar-refractivity contribution in [3.8, 4) is 0 Å². The largest absolute Gasteiger partial charge is 0.381 e. The first-order chi connectivity index (χ1) is 8.15. The molecule has 0 aliphatic carbocycles. The summed E-state index contributed by atoms with van der Waals surface area (Å²) < 4.78 is 18.7. The molecule has 1 aliphatic heterocycles. The second-order valence-electron chi connectivity index (χ2n) is 4.74. The van der Waals surface area contributed by atoms with E-state index < -0.39 is 0 Å². The molecular weight excluding hydrogens is 241 g/mol. The Balaban J connectivity index is 2.14. The zero-order chi connectivity index (χ0) is 12.3. The van der Waals surface area contributed by atoms with Crippen LogP contribution in [0.4, 0.5) is 4.39 Å². The number of rotatable bonds is 3. The van der Waals surface area contributed by atoms with Crippen LogP contribution in [-0.4, -0.2) is 19.8 Å². The Morgan fingerprint density at radius 2 is 2.06 bits per heavy atom. The highest BCUT2D eigenvalue weighted by Gasteiger charge is 2.31. The van der Waals surface area contributed by atoms with Gasteiger partial charge in [-0.25, -0.2) is 4.39 Å². The average Bonchev–Trinajstić information content (AvgIpc) is 2.35. The molecule has 2 rings (SSSR count). The number of hydrogen-bond donors (Lipinski definition) is 1. The summed E-state index contributed by atoms with van der Waals surface area (Å²) in [5.74, 6) is -0.358. The van der Waals surface area contributed by atoms with Gasteiger partial charge in [-0.15, -0.1) is 0 Å². The van der Waals surface area contributed by atoms with E-state index in [1.807, 2.05) is 6.07 Å². The Labute approximate surface area is 106 Å². The zero-order valence-corrected chi connectivity index (χ0v) is 10.5. The van der Waals surface area contributed by atoms with E-state index in [0.29, 0.717) is 6.54 Å². The molecule has 2 nitrogen and oxygen atoms in total. The molecule has 4 heteroatoms. The zero-order valence-electron chi connectivity index (χ0n) is 9.72. The predicted octanol–water partition coefficient (Wildman–Crippen LogP) is 2.78. The van der Waals surface area contributed by atoms with Crippen LogP contribution in [0.5, 0.6) is 0 Å². The van der Waals surface area contributed by atoms with Gasteiger partial charge in [0.25, 0.3) is 0 Å². The lowest BCUT2D eigenvalue weighted by Gasteiger charge is -2.36. The van der Waals surface area contributed by atoms with E-state index in [2.05, 4.69) is 0 Å². The van der Waals surface area contributed by atoms with Crippen molar-refractivity contribution < 1.29 is 9.13 Å². The van der Waals surface area contributed by atoms with E-state index in [4.69, 9.17) is 22.1 Å². The normalized spacial score (nSPS) is 19.2. The summed E-state index contributed by atoms with van der Waals surface area (Å²) in [5, 5.41) is 0.169. The average molecular weight is 258 g/mol. The minimum absolute atomic E-state index is 0.0541. The van der Waals surface area contributed by atoms with E-state index in [-0.39, 0.29) is 16.3 Å². The summed E-state index contributed by atoms with van der Waals surface area (Å²) in [6, 6.07) is 4.99. The van der Waals surface area contributed by atoms with Crippen molar-refractivity contribution in [3.63, 3.8) is 0 Å². The topological polar surface area (TPSA) is 35.2 Å². The summed E-state index contributed by atoms with van der Waals surface area (Å²) in [7, 11) is 0. The third kappa shape index (κ3) is 2.97. The molecule has 1 fully saturated rings. The molecule has 1 aliphatic rings. The fraction of sp³-hybridized carbons (Fsp3) is 0.538. The molecule has 1 aromatic carbocycles.